The zero-order valence-electron chi connectivity index (χ0n) is 19.7. The molecule has 2 aromatic heterocycles. The smallest absolute Gasteiger partial charge is 0.347 e. The van der Waals surface area contributed by atoms with Gasteiger partial charge in [0, 0.05) is 30.9 Å². The number of pyridine rings is 2. The number of alkyl halides is 3. The molecule has 0 radical (unpaired) electrons. The van der Waals surface area contributed by atoms with Gasteiger partial charge in [-0.1, -0.05) is 0 Å². The summed E-state index contributed by atoms with van der Waals surface area (Å²) in [7, 11) is 0. The average molecular weight is 543 g/mol. The van der Waals surface area contributed by atoms with Gasteiger partial charge < -0.3 is 10.6 Å². The third kappa shape index (κ3) is 5.41. The summed E-state index contributed by atoms with van der Waals surface area (Å²) >= 11 is 0. The molecule has 1 aliphatic rings. The summed E-state index contributed by atoms with van der Waals surface area (Å²) in [5.74, 6) is -5.17. The largest absolute Gasteiger partial charge is 0.522 e. The summed E-state index contributed by atoms with van der Waals surface area (Å²) in [5.41, 5.74) is -2.91. The first-order valence-electron chi connectivity index (χ1n) is 11.1. The second-order valence-corrected chi connectivity index (χ2v) is 8.59. The molecule has 0 spiro atoms. The van der Waals surface area contributed by atoms with E-state index in [2.05, 4.69) is 20.4 Å². The van der Waals surface area contributed by atoms with Crippen molar-refractivity contribution < 1.29 is 40.7 Å². The summed E-state index contributed by atoms with van der Waals surface area (Å²) in [6.07, 6.45) is -4.22. The second-order valence-electron chi connectivity index (χ2n) is 8.59. The van der Waals surface area contributed by atoms with E-state index in [1.807, 2.05) is 0 Å². The Kier molecular flexibility index (Phi) is 7.06. The van der Waals surface area contributed by atoms with E-state index in [1.54, 1.807) is 6.92 Å². The number of nitrogens with zero attached hydrogens (tertiary/aromatic N) is 3. The molecular weight excluding hydrogens is 524 g/mol. The van der Waals surface area contributed by atoms with Crippen molar-refractivity contribution in [2.75, 3.05) is 18.1 Å². The number of nitrogens with one attached hydrogen (secondary N) is 2. The lowest BCUT2D eigenvalue weighted by atomic mass is 10.1. The number of halogens is 6. The number of hydrogen-bond donors (Lipinski definition) is 2. The van der Waals surface area contributed by atoms with Gasteiger partial charge in [-0.15, -0.1) is 13.2 Å². The number of carbonyl (C=O) groups excluding carboxylic acids is 2. The van der Waals surface area contributed by atoms with E-state index in [9.17, 15) is 40.7 Å². The number of benzene rings is 1. The number of rotatable bonds is 6. The molecule has 202 valence electrons. The van der Waals surface area contributed by atoms with Gasteiger partial charge in [-0.25, -0.2) is 22.9 Å². The number of fused-ring (bicyclic) bond motifs is 1. The molecule has 1 fully saturated rings. The second kappa shape index (κ2) is 9.96. The van der Waals surface area contributed by atoms with E-state index in [1.165, 1.54) is 24.0 Å². The monoisotopic (exact) mass is 543 g/mol. The van der Waals surface area contributed by atoms with Crippen molar-refractivity contribution in [2.45, 2.75) is 32.3 Å². The topological polar surface area (TPSA) is 106 Å². The highest BCUT2D eigenvalue weighted by molar-refractivity contribution is 5.98. The van der Waals surface area contributed by atoms with E-state index in [4.69, 9.17) is 0 Å². The van der Waals surface area contributed by atoms with Crippen LogP contribution in [0.15, 0.2) is 35.3 Å². The van der Waals surface area contributed by atoms with Gasteiger partial charge in [-0.3, -0.25) is 23.8 Å². The number of ether oxygens (including phenoxy) is 1. The molecule has 1 aromatic carbocycles. The zero-order valence-corrected chi connectivity index (χ0v) is 19.7. The van der Waals surface area contributed by atoms with Gasteiger partial charge in [0.15, 0.2) is 17.3 Å². The van der Waals surface area contributed by atoms with Gasteiger partial charge in [0.2, 0.25) is 5.43 Å². The molecule has 4 rings (SSSR count). The van der Waals surface area contributed by atoms with E-state index >= 15 is 0 Å². The van der Waals surface area contributed by atoms with Crippen molar-refractivity contribution in [3.8, 4) is 5.69 Å². The fourth-order valence-electron chi connectivity index (χ4n) is 3.89. The SMILES string of the molecule is C[C@@H]1CN(c2ccc3c(=O)c(C(=O)N[C@@H](C)COC(F)(F)F)cn(-c4c(F)cc(F)cc4F)c3n2)C(=O)N1. The fraction of sp³-hybridized carbons (Fsp3) is 0.304. The molecule has 0 aliphatic carbocycles. The normalized spacial score (nSPS) is 16.6. The van der Waals surface area contributed by atoms with Gasteiger partial charge in [0.25, 0.3) is 5.91 Å². The van der Waals surface area contributed by atoms with Gasteiger partial charge in [-0.05, 0) is 26.0 Å². The molecule has 1 aliphatic heterocycles. The maximum atomic E-state index is 14.8. The van der Waals surface area contributed by atoms with Gasteiger partial charge >= 0.3 is 12.4 Å². The number of carbonyl (C=O) groups is 2. The van der Waals surface area contributed by atoms with Crippen molar-refractivity contribution in [1.82, 2.24) is 20.2 Å². The first kappa shape index (κ1) is 26.9. The molecule has 3 amide bonds. The highest BCUT2D eigenvalue weighted by Crippen LogP contribution is 2.26. The molecule has 2 atom stereocenters. The van der Waals surface area contributed by atoms with Crippen molar-refractivity contribution >= 4 is 28.8 Å². The fourth-order valence-corrected chi connectivity index (χ4v) is 3.89. The molecule has 3 aromatic rings. The first-order chi connectivity index (χ1) is 17.7. The molecule has 9 nitrogen and oxygen atoms in total. The Morgan fingerprint density at radius 2 is 1.87 bits per heavy atom. The van der Waals surface area contributed by atoms with Crippen LogP contribution in [0.1, 0.15) is 24.2 Å². The lowest BCUT2D eigenvalue weighted by molar-refractivity contribution is -0.325. The maximum Gasteiger partial charge on any atom is 0.522 e. The van der Waals surface area contributed by atoms with Crippen molar-refractivity contribution in [1.29, 1.82) is 0 Å². The Balaban J connectivity index is 1.86. The highest BCUT2D eigenvalue weighted by Gasteiger charge is 2.31. The molecular formula is C23H19F6N5O4. The van der Waals surface area contributed by atoms with Crippen LogP contribution in [0.5, 0.6) is 0 Å². The number of urea groups is 1. The van der Waals surface area contributed by atoms with Crippen molar-refractivity contribution in [3.63, 3.8) is 0 Å². The van der Waals surface area contributed by atoms with Crippen LogP contribution in [-0.2, 0) is 4.74 Å². The molecule has 15 heteroatoms. The maximum absolute atomic E-state index is 14.8. The van der Waals surface area contributed by atoms with Crippen LogP contribution in [0, 0.1) is 17.5 Å². The first-order valence-corrected chi connectivity index (χ1v) is 11.1. The van der Waals surface area contributed by atoms with E-state index in [-0.39, 0.29) is 29.4 Å². The molecule has 0 bridgehead atoms. The molecule has 0 unspecified atom stereocenters. The Bertz CT molecular complexity index is 1470. The molecule has 3 heterocycles. The van der Waals surface area contributed by atoms with E-state index < -0.39 is 65.1 Å². The molecule has 38 heavy (non-hydrogen) atoms. The van der Waals surface area contributed by atoms with Gasteiger partial charge in [0.05, 0.1) is 18.0 Å². The predicted molar refractivity (Wildman–Crippen MR) is 121 cm³/mol. The molecule has 2 N–H and O–H groups in total. The average Bonchev–Trinajstić information content (AvgIpc) is 3.15. The van der Waals surface area contributed by atoms with Crippen molar-refractivity contribution in [2.24, 2.45) is 0 Å². The predicted octanol–water partition coefficient (Wildman–Crippen LogP) is 3.38. The third-order valence-electron chi connectivity index (χ3n) is 5.53. The molecule has 1 saturated heterocycles. The summed E-state index contributed by atoms with van der Waals surface area (Å²) < 4.78 is 84.5. The minimum atomic E-state index is -4.96. The van der Waals surface area contributed by atoms with Crippen LogP contribution in [0.4, 0.5) is 37.0 Å². The number of anilines is 1. The van der Waals surface area contributed by atoms with E-state index in [0.29, 0.717) is 16.7 Å². The quantitative estimate of drug-likeness (QED) is 0.464. The van der Waals surface area contributed by atoms with Gasteiger partial charge in [-0.2, -0.15) is 0 Å². The highest BCUT2D eigenvalue weighted by atomic mass is 19.4. The van der Waals surface area contributed by atoms with Crippen LogP contribution < -0.4 is 21.0 Å². The van der Waals surface area contributed by atoms with E-state index in [0.717, 1.165) is 6.20 Å². The lowest BCUT2D eigenvalue weighted by Gasteiger charge is -2.19. The number of amides is 3. The van der Waals surface area contributed by atoms with Crippen LogP contribution >= 0.6 is 0 Å². The molecule has 0 saturated carbocycles. The summed E-state index contributed by atoms with van der Waals surface area (Å²) in [4.78, 5) is 43.7. The van der Waals surface area contributed by atoms with Gasteiger partial charge in [0.1, 0.15) is 22.9 Å². The Labute approximate surface area is 210 Å². The Hall–Kier alpha value is -4.14. The van der Waals surface area contributed by atoms with Crippen LogP contribution in [0.2, 0.25) is 0 Å². The Morgan fingerprint density at radius 1 is 1.21 bits per heavy atom. The lowest BCUT2D eigenvalue weighted by Crippen LogP contribution is -2.39. The minimum Gasteiger partial charge on any atom is -0.347 e. The minimum absolute atomic E-state index is 0.0190. The number of aromatic nitrogens is 2. The third-order valence-corrected chi connectivity index (χ3v) is 5.53. The zero-order chi connectivity index (χ0) is 27.9. The van der Waals surface area contributed by atoms with Crippen molar-refractivity contribution in [3.05, 3.63) is 63.7 Å². The van der Waals surface area contributed by atoms with Crippen LogP contribution in [-0.4, -0.2) is 53.1 Å². The summed E-state index contributed by atoms with van der Waals surface area (Å²) in [6, 6.07) is 1.23. The standard InChI is InChI=1S/C23H19F6N5O4/c1-10-7-33(22(37)31-10)17-4-3-13-19(35)14(21(36)30-11(2)9-38-23(27,28)29)8-34(20(13)32-17)18-15(25)5-12(24)6-16(18)26/h3-6,8,10-11H,7,9H2,1-2H3,(H,30,36)(H,31,37)/t10-,11+/m1/s1. The summed E-state index contributed by atoms with van der Waals surface area (Å²) in [6.45, 7) is 2.13. The number of hydrogen-bond acceptors (Lipinski definition) is 5. The Morgan fingerprint density at radius 3 is 2.45 bits per heavy atom. The van der Waals surface area contributed by atoms with Crippen LogP contribution in [0.3, 0.4) is 0 Å². The summed E-state index contributed by atoms with van der Waals surface area (Å²) in [5, 5.41) is 4.48. The van der Waals surface area contributed by atoms with Crippen LogP contribution in [0.25, 0.3) is 16.7 Å².